The molecule has 17 heavy (non-hydrogen) atoms. The number of hydrogen-bond donors (Lipinski definition) is 0. The molecular formula is C10H18CaO4P2. The van der Waals surface area contributed by atoms with Crippen LogP contribution in [0.15, 0.2) is 36.4 Å². The summed E-state index contributed by atoms with van der Waals surface area (Å²) in [4.78, 5) is 19.3. The summed E-state index contributed by atoms with van der Waals surface area (Å²) < 4.78 is 33.3. The van der Waals surface area contributed by atoms with Gasteiger partial charge in [-0.25, -0.2) is 0 Å². The third kappa shape index (κ3) is 79.1. The van der Waals surface area contributed by atoms with Crippen molar-refractivity contribution in [2.24, 2.45) is 0 Å². The fourth-order valence-corrected chi connectivity index (χ4v) is 0.304. The van der Waals surface area contributed by atoms with E-state index in [1.54, 1.807) is 24.3 Å². The first kappa shape index (κ1) is 17.9. The van der Waals surface area contributed by atoms with Crippen LogP contribution < -0.4 is 9.79 Å². The van der Waals surface area contributed by atoms with Crippen molar-refractivity contribution in [2.75, 3.05) is 26.7 Å². The second-order valence-corrected chi connectivity index (χ2v) is 8.51. The maximum atomic E-state index is 9.66. The molecule has 0 radical (unpaired) electrons. The zero-order valence-electron chi connectivity index (χ0n) is 12.5. The van der Waals surface area contributed by atoms with Gasteiger partial charge in [-0.15, -0.1) is 0 Å². The van der Waals surface area contributed by atoms with Crippen molar-refractivity contribution in [3.63, 3.8) is 0 Å². The van der Waals surface area contributed by atoms with Gasteiger partial charge in [0.05, 0.1) is 2.74 Å². The number of rotatable bonds is 0. The SMILES string of the molecule is CP(C)(=O)[O-].CP(C)(=O)[O-].[2H]c1ccc([2H])cc1.[Ca+2]. The maximum absolute atomic E-state index is 9.66. The zero-order valence-corrected chi connectivity index (χ0v) is 14.5. The molecule has 0 bridgehead atoms. The molecule has 0 aliphatic carbocycles. The van der Waals surface area contributed by atoms with Crippen molar-refractivity contribution in [3.8, 4) is 0 Å². The Morgan fingerprint density at radius 1 is 0.824 bits per heavy atom. The van der Waals surface area contributed by atoms with E-state index in [1.165, 1.54) is 26.7 Å². The van der Waals surface area contributed by atoms with Crippen molar-refractivity contribution in [3.05, 3.63) is 36.4 Å². The fourth-order valence-electron chi connectivity index (χ4n) is 0.304. The van der Waals surface area contributed by atoms with Crippen molar-refractivity contribution in [1.82, 2.24) is 0 Å². The molecule has 0 atom stereocenters. The van der Waals surface area contributed by atoms with E-state index >= 15 is 0 Å². The number of hydrogen-bond acceptors (Lipinski definition) is 4. The van der Waals surface area contributed by atoms with Crippen molar-refractivity contribution in [2.45, 2.75) is 0 Å². The van der Waals surface area contributed by atoms with Gasteiger partial charge in [0.25, 0.3) is 0 Å². The van der Waals surface area contributed by atoms with Crippen LogP contribution in [0.3, 0.4) is 0 Å². The maximum Gasteiger partial charge on any atom is 2.00 e. The predicted molar refractivity (Wildman–Crippen MR) is 71.1 cm³/mol. The van der Waals surface area contributed by atoms with E-state index in [1.807, 2.05) is 0 Å². The minimum absolute atomic E-state index is 0. The molecule has 94 valence electrons. The average Bonchev–Trinajstić information content (AvgIpc) is 2.04. The second-order valence-electron chi connectivity index (χ2n) is 3.50. The summed E-state index contributed by atoms with van der Waals surface area (Å²) in [5, 5.41) is 0. The fraction of sp³-hybridized carbons (Fsp3) is 0.400. The first-order chi connectivity index (χ1) is 7.79. The molecule has 0 fully saturated rings. The Labute approximate surface area is 136 Å². The van der Waals surface area contributed by atoms with E-state index < -0.39 is 14.7 Å². The Morgan fingerprint density at radius 3 is 1.06 bits per heavy atom. The summed E-state index contributed by atoms with van der Waals surface area (Å²) in [5.41, 5.74) is 0. The molecule has 0 N–H and O–H groups in total. The van der Waals surface area contributed by atoms with Gasteiger partial charge < -0.3 is 18.9 Å². The molecule has 1 aromatic carbocycles. The summed E-state index contributed by atoms with van der Waals surface area (Å²) in [6.07, 6.45) is 0. The molecule has 7 heteroatoms. The van der Waals surface area contributed by atoms with Crippen molar-refractivity contribution < 1.29 is 21.7 Å². The monoisotopic (exact) mass is 306 g/mol. The molecule has 1 rings (SSSR count). The predicted octanol–water partition coefficient (Wildman–Crippen LogP) is 1.07. The normalized spacial score (nSPS) is 11.4. The molecule has 1 aromatic rings. The number of benzene rings is 1. The van der Waals surface area contributed by atoms with Crippen LogP contribution in [0.2, 0.25) is 0 Å². The van der Waals surface area contributed by atoms with E-state index in [0.29, 0.717) is 12.1 Å². The molecular weight excluding hydrogens is 286 g/mol. The molecule has 0 aliphatic heterocycles. The second kappa shape index (κ2) is 11.9. The van der Waals surface area contributed by atoms with Gasteiger partial charge in [-0.1, -0.05) is 36.4 Å². The van der Waals surface area contributed by atoms with Gasteiger partial charge in [-0.2, -0.15) is 0 Å². The van der Waals surface area contributed by atoms with Crippen LogP contribution in [0, 0.1) is 0 Å². The summed E-state index contributed by atoms with van der Waals surface area (Å²) in [6.45, 7) is 4.75. The molecule has 0 unspecified atom stereocenters. The largest absolute Gasteiger partial charge is 2.00 e. The molecule has 4 nitrogen and oxygen atoms in total. The van der Waals surface area contributed by atoms with Crippen molar-refractivity contribution in [1.29, 1.82) is 0 Å². The van der Waals surface area contributed by atoms with Gasteiger partial charge in [0, 0.05) is 14.7 Å². The van der Waals surface area contributed by atoms with E-state index in [4.69, 9.17) is 2.74 Å². The van der Waals surface area contributed by atoms with Crippen LogP contribution in [0.25, 0.3) is 0 Å². The Bertz CT molecular complexity index is 370. The molecule has 0 saturated carbocycles. The average molecular weight is 306 g/mol. The van der Waals surface area contributed by atoms with Gasteiger partial charge in [-0.05, 0) is 26.7 Å². The van der Waals surface area contributed by atoms with Gasteiger partial charge in [0.2, 0.25) is 0 Å². The summed E-state index contributed by atoms with van der Waals surface area (Å²) >= 11 is 0. The Morgan fingerprint density at radius 2 is 0.941 bits per heavy atom. The first-order valence-electron chi connectivity index (χ1n) is 5.34. The molecule has 0 saturated heterocycles. The first-order valence-corrected chi connectivity index (χ1v) is 9.38. The quantitative estimate of drug-likeness (QED) is 0.530. The van der Waals surface area contributed by atoms with Crippen LogP contribution in [-0.2, 0) is 9.13 Å². The van der Waals surface area contributed by atoms with Crippen LogP contribution in [0.4, 0.5) is 0 Å². The molecule has 0 aromatic heterocycles. The minimum Gasteiger partial charge on any atom is -0.800 e. The summed E-state index contributed by atoms with van der Waals surface area (Å²) in [7, 11) is -5.78. The van der Waals surface area contributed by atoms with Gasteiger partial charge in [-0.3, -0.25) is 0 Å². The van der Waals surface area contributed by atoms with Gasteiger partial charge in [0.1, 0.15) is 0 Å². The van der Waals surface area contributed by atoms with Gasteiger partial charge in [0.15, 0.2) is 0 Å². The Hall–Kier alpha value is 0.860. The van der Waals surface area contributed by atoms with E-state index in [-0.39, 0.29) is 37.7 Å². The minimum atomic E-state index is -2.89. The summed E-state index contributed by atoms with van der Waals surface area (Å²) in [6, 6.07) is 7.32. The third-order valence-corrected chi connectivity index (χ3v) is 0.552. The van der Waals surface area contributed by atoms with E-state index in [0.717, 1.165) is 0 Å². The standard InChI is InChI=1S/C6H6.2C2H7O2P.Ca/c1-2-4-6-5-3-1;2*1-5(2,3)4;/h1-6H;2*1-2H3,(H,3,4);/q;;;+2/p-2/i1D,6D;;;. The van der Waals surface area contributed by atoms with E-state index in [2.05, 4.69) is 0 Å². The van der Waals surface area contributed by atoms with Gasteiger partial charge >= 0.3 is 37.7 Å². The van der Waals surface area contributed by atoms with Crippen LogP contribution in [0.1, 0.15) is 2.74 Å². The molecule has 0 aliphatic rings. The van der Waals surface area contributed by atoms with E-state index in [9.17, 15) is 18.9 Å². The molecule has 0 spiro atoms. The smallest absolute Gasteiger partial charge is 0.800 e. The zero-order chi connectivity index (χ0) is 15.0. The summed E-state index contributed by atoms with van der Waals surface area (Å²) in [5.74, 6) is 0. The Kier molecular flexibility index (Phi) is 12.5. The third-order valence-electron chi connectivity index (χ3n) is 0.552. The van der Waals surface area contributed by atoms with Crippen molar-refractivity contribution >= 4 is 52.5 Å². The topological polar surface area (TPSA) is 80.3 Å². The van der Waals surface area contributed by atoms with Crippen LogP contribution >= 0.6 is 14.7 Å². The van der Waals surface area contributed by atoms with Crippen LogP contribution in [-0.4, -0.2) is 64.4 Å². The van der Waals surface area contributed by atoms with Crippen LogP contribution in [0.5, 0.6) is 0 Å². The molecule has 0 heterocycles. The molecule has 0 amide bonds. The Balaban J connectivity index is -0.000000208.